The number of rotatable bonds is 5. The van der Waals surface area contributed by atoms with Crippen molar-refractivity contribution in [2.75, 3.05) is 0 Å². The summed E-state index contributed by atoms with van der Waals surface area (Å²) in [4.78, 5) is 12.6. The quantitative estimate of drug-likeness (QED) is 0.751. The van der Waals surface area contributed by atoms with Crippen molar-refractivity contribution in [1.29, 1.82) is 0 Å². The highest BCUT2D eigenvalue weighted by Crippen LogP contribution is 2.41. The van der Waals surface area contributed by atoms with Gasteiger partial charge in [-0.05, 0) is 56.4 Å². The molecule has 1 heterocycles. The molecule has 1 aliphatic carbocycles. The molecule has 2 unspecified atom stereocenters. The molecule has 1 aliphatic heterocycles. The van der Waals surface area contributed by atoms with E-state index in [2.05, 4.69) is 32.2 Å². The van der Waals surface area contributed by atoms with E-state index < -0.39 is 0 Å². The van der Waals surface area contributed by atoms with Gasteiger partial charge >= 0.3 is 0 Å². The second kappa shape index (κ2) is 8.10. The zero-order valence-electron chi connectivity index (χ0n) is 17.7. The van der Waals surface area contributed by atoms with Crippen molar-refractivity contribution < 1.29 is 14.3 Å². The van der Waals surface area contributed by atoms with Crippen LogP contribution < -0.4 is 14.8 Å². The van der Waals surface area contributed by atoms with Gasteiger partial charge in [0.2, 0.25) is 0 Å². The van der Waals surface area contributed by atoms with Crippen molar-refractivity contribution in [2.24, 2.45) is 5.92 Å². The first kappa shape index (κ1) is 19.8. The fraction of sp³-hybridized carbons (Fsp3) is 0.480. The number of ether oxygens (including phenoxy) is 2. The minimum absolute atomic E-state index is 0.0210. The summed E-state index contributed by atoms with van der Waals surface area (Å²) in [6.07, 6.45) is 5.65. The Morgan fingerprint density at radius 1 is 1.14 bits per heavy atom. The Kier molecular flexibility index (Phi) is 5.53. The van der Waals surface area contributed by atoms with Gasteiger partial charge in [-0.3, -0.25) is 4.79 Å². The Morgan fingerprint density at radius 2 is 1.90 bits per heavy atom. The van der Waals surface area contributed by atoms with E-state index in [1.54, 1.807) is 0 Å². The lowest BCUT2D eigenvalue weighted by Crippen LogP contribution is -2.41. The largest absolute Gasteiger partial charge is 0.485 e. The van der Waals surface area contributed by atoms with Crippen LogP contribution in [0.2, 0.25) is 0 Å². The Bertz CT molecular complexity index is 872. The SMILES string of the molecule is CC1CCCCC1NC(=O)c1ccc(COc2cccc3c2OC(C)(C)C3)cc1. The molecule has 2 aromatic carbocycles. The van der Waals surface area contributed by atoms with Gasteiger partial charge in [0.15, 0.2) is 11.5 Å². The van der Waals surface area contributed by atoms with E-state index in [4.69, 9.17) is 9.47 Å². The highest BCUT2D eigenvalue weighted by Gasteiger charge is 2.32. The number of nitrogens with one attached hydrogen (secondary N) is 1. The molecular formula is C25H31NO3. The average molecular weight is 394 g/mol. The van der Waals surface area contributed by atoms with Gasteiger partial charge in [0.05, 0.1) is 0 Å². The van der Waals surface area contributed by atoms with Crippen LogP contribution in [0.3, 0.4) is 0 Å². The van der Waals surface area contributed by atoms with E-state index in [-0.39, 0.29) is 11.5 Å². The molecule has 0 saturated heterocycles. The van der Waals surface area contributed by atoms with Crippen LogP contribution in [0.4, 0.5) is 0 Å². The minimum atomic E-state index is -0.188. The summed E-state index contributed by atoms with van der Waals surface area (Å²) in [5.74, 6) is 2.21. The maximum atomic E-state index is 12.6. The third kappa shape index (κ3) is 4.58. The minimum Gasteiger partial charge on any atom is -0.485 e. The van der Waals surface area contributed by atoms with Crippen molar-refractivity contribution in [3.8, 4) is 11.5 Å². The maximum Gasteiger partial charge on any atom is 0.251 e. The van der Waals surface area contributed by atoms with Crippen LogP contribution in [0.1, 0.15) is 67.9 Å². The van der Waals surface area contributed by atoms with Crippen LogP contribution in [-0.4, -0.2) is 17.6 Å². The summed E-state index contributed by atoms with van der Waals surface area (Å²) in [5, 5.41) is 3.21. The Hall–Kier alpha value is -2.49. The molecule has 0 spiro atoms. The fourth-order valence-electron chi connectivity index (χ4n) is 4.40. The predicted molar refractivity (Wildman–Crippen MR) is 115 cm³/mol. The first-order chi connectivity index (χ1) is 13.9. The van der Waals surface area contributed by atoms with Gasteiger partial charge in [0.1, 0.15) is 12.2 Å². The number of fused-ring (bicyclic) bond motifs is 1. The summed E-state index contributed by atoms with van der Waals surface area (Å²) >= 11 is 0. The van der Waals surface area contributed by atoms with Gasteiger partial charge in [0, 0.05) is 23.6 Å². The van der Waals surface area contributed by atoms with Crippen molar-refractivity contribution in [3.63, 3.8) is 0 Å². The normalized spacial score (nSPS) is 22.4. The number of hydrogen-bond acceptors (Lipinski definition) is 3. The summed E-state index contributed by atoms with van der Waals surface area (Å²) < 4.78 is 12.1. The molecule has 0 aromatic heterocycles. The molecule has 4 nitrogen and oxygen atoms in total. The predicted octanol–water partition coefficient (Wildman–Crippen LogP) is 5.29. The molecule has 154 valence electrons. The first-order valence-corrected chi connectivity index (χ1v) is 10.7. The van der Waals surface area contributed by atoms with Crippen LogP contribution >= 0.6 is 0 Å². The summed E-state index contributed by atoms with van der Waals surface area (Å²) in [6.45, 7) is 6.86. The lowest BCUT2D eigenvalue weighted by molar-refractivity contribution is 0.0910. The number of benzene rings is 2. The molecule has 0 radical (unpaired) electrons. The van der Waals surface area contributed by atoms with E-state index in [9.17, 15) is 4.79 Å². The highest BCUT2D eigenvalue weighted by atomic mass is 16.5. The summed E-state index contributed by atoms with van der Waals surface area (Å²) in [6, 6.07) is 14.1. The van der Waals surface area contributed by atoms with Gasteiger partial charge < -0.3 is 14.8 Å². The third-order valence-electron chi connectivity index (χ3n) is 6.09. The fourth-order valence-corrected chi connectivity index (χ4v) is 4.40. The van der Waals surface area contributed by atoms with Crippen molar-refractivity contribution >= 4 is 5.91 Å². The van der Waals surface area contributed by atoms with Gasteiger partial charge in [-0.15, -0.1) is 0 Å². The van der Waals surface area contributed by atoms with E-state index in [1.165, 1.54) is 24.8 Å². The van der Waals surface area contributed by atoms with Gasteiger partial charge in [-0.2, -0.15) is 0 Å². The molecule has 4 rings (SSSR count). The monoisotopic (exact) mass is 393 g/mol. The molecular weight excluding hydrogens is 362 g/mol. The summed E-state index contributed by atoms with van der Waals surface area (Å²) in [7, 11) is 0. The molecule has 4 heteroatoms. The molecule has 2 aromatic rings. The van der Waals surface area contributed by atoms with E-state index >= 15 is 0 Å². The Morgan fingerprint density at radius 3 is 2.66 bits per heavy atom. The highest BCUT2D eigenvalue weighted by molar-refractivity contribution is 5.94. The van der Waals surface area contributed by atoms with Crippen LogP contribution in [0.5, 0.6) is 11.5 Å². The van der Waals surface area contributed by atoms with Crippen molar-refractivity contribution in [1.82, 2.24) is 5.32 Å². The van der Waals surface area contributed by atoms with Crippen LogP contribution in [-0.2, 0) is 13.0 Å². The van der Waals surface area contributed by atoms with Gasteiger partial charge in [0.25, 0.3) is 5.91 Å². The van der Waals surface area contributed by atoms with Gasteiger partial charge in [-0.25, -0.2) is 0 Å². The smallest absolute Gasteiger partial charge is 0.251 e. The Balaban J connectivity index is 1.36. The number of carbonyl (C=O) groups is 1. The standard InChI is InChI=1S/C25H31NO3/c1-17-7-4-5-9-21(17)26-24(27)19-13-11-18(12-14-19)16-28-22-10-6-8-20-15-25(2,3)29-23(20)22/h6,8,10-14,17,21H,4-5,7,9,15-16H2,1-3H3,(H,26,27). The first-order valence-electron chi connectivity index (χ1n) is 10.7. The lowest BCUT2D eigenvalue weighted by atomic mass is 9.86. The van der Waals surface area contributed by atoms with E-state index in [0.717, 1.165) is 29.9 Å². The molecule has 1 amide bonds. The van der Waals surface area contributed by atoms with Crippen LogP contribution in [0.15, 0.2) is 42.5 Å². The topological polar surface area (TPSA) is 47.6 Å². The average Bonchev–Trinajstić information content (AvgIpc) is 3.03. The van der Waals surface area contributed by atoms with E-state index in [1.807, 2.05) is 36.4 Å². The van der Waals surface area contributed by atoms with Crippen LogP contribution in [0.25, 0.3) is 0 Å². The lowest BCUT2D eigenvalue weighted by Gasteiger charge is -2.29. The molecule has 2 aliphatic rings. The molecule has 1 N–H and O–H groups in total. The summed E-state index contributed by atoms with van der Waals surface area (Å²) in [5.41, 5.74) is 2.74. The van der Waals surface area contributed by atoms with Crippen molar-refractivity contribution in [2.45, 2.75) is 71.1 Å². The molecule has 0 bridgehead atoms. The number of carbonyl (C=O) groups excluding carboxylic acids is 1. The third-order valence-corrected chi connectivity index (χ3v) is 6.09. The molecule has 2 atom stereocenters. The Labute approximate surface area is 173 Å². The second-order valence-corrected chi connectivity index (χ2v) is 9.11. The molecule has 29 heavy (non-hydrogen) atoms. The zero-order valence-corrected chi connectivity index (χ0v) is 17.7. The second-order valence-electron chi connectivity index (χ2n) is 9.11. The molecule has 1 saturated carbocycles. The van der Waals surface area contributed by atoms with Gasteiger partial charge in [-0.1, -0.05) is 44.0 Å². The number of para-hydroxylation sites is 1. The molecule has 1 fully saturated rings. The van der Waals surface area contributed by atoms with Crippen molar-refractivity contribution in [3.05, 3.63) is 59.2 Å². The van der Waals surface area contributed by atoms with Crippen LogP contribution in [0, 0.1) is 5.92 Å². The number of hydrogen-bond donors (Lipinski definition) is 1. The zero-order chi connectivity index (χ0) is 20.4. The maximum absolute atomic E-state index is 12.6. The number of amides is 1. The van der Waals surface area contributed by atoms with E-state index in [0.29, 0.717) is 24.1 Å².